The van der Waals surface area contributed by atoms with E-state index in [1.54, 1.807) is 0 Å². The van der Waals surface area contributed by atoms with Crippen molar-refractivity contribution in [2.75, 3.05) is 11.9 Å². The molecular weight excluding hydrogens is 160 g/mol. The van der Waals surface area contributed by atoms with E-state index in [-0.39, 0.29) is 0 Å². The summed E-state index contributed by atoms with van der Waals surface area (Å²) in [6.45, 7) is 4.46. The summed E-state index contributed by atoms with van der Waals surface area (Å²) in [6.07, 6.45) is 3.83. The lowest BCUT2D eigenvalue weighted by molar-refractivity contribution is 1.34. The van der Waals surface area contributed by atoms with Crippen molar-refractivity contribution in [2.24, 2.45) is 0 Å². The second-order valence-corrected chi connectivity index (χ2v) is 2.92. The van der Waals surface area contributed by atoms with E-state index in [1.165, 1.54) is 5.39 Å². The first-order valence-electron chi connectivity index (χ1n) is 4.32. The summed E-state index contributed by atoms with van der Waals surface area (Å²) in [6, 6.07) is 8.22. The normalized spacial score (nSPS) is 10.2. The number of aromatic nitrogens is 1. The van der Waals surface area contributed by atoms with Crippen LogP contribution in [-0.4, -0.2) is 11.5 Å². The highest BCUT2D eigenvalue weighted by Gasteiger charge is 1.99. The number of anilines is 1. The summed E-state index contributed by atoms with van der Waals surface area (Å²) in [4.78, 5) is 3.20. The molecule has 0 spiro atoms. The molecule has 0 saturated carbocycles. The first-order valence-corrected chi connectivity index (χ1v) is 4.32. The van der Waals surface area contributed by atoms with E-state index in [4.69, 9.17) is 0 Å². The van der Waals surface area contributed by atoms with E-state index in [0.717, 1.165) is 17.7 Å². The first-order chi connectivity index (χ1) is 6.42. The number of hydrogen-bond donors (Lipinski definition) is 2. The second-order valence-electron chi connectivity index (χ2n) is 2.92. The maximum atomic E-state index is 3.67. The van der Waals surface area contributed by atoms with Gasteiger partial charge >= 0.3 is 0 Å². The molecule has 0 amide bonds. The van der Waals surface area contributed by atoms with Crippen LogP contribution in [0.25, 0.3) is 10.9 Å². The molecule has 0 bridgehead atoms. The third-order valence-electron chi connectivity index (χ3n) is 2.03. The number of hydrogen-bond acceptors (Lipinski definition) is 1. The van der Waals surface area contributed by atoms with Crippen LogP contribution >= 0.6 is 0 Å². The Morgan fingerprint density at radius 3 is 3.08 bits per heavy atom. The summed E-state index contributed by atoms with van der Waals surface area (Å²) in [7, 11) is 0. The zero-order chi connectivity index (χ0) is 9.10. The van der Waals surface area contributed by atoms with Gasteiger partial charge in [0, 0.05) is 23.6 Å². The molecule has 0 unspecified atom stereocenters. The molecule has 0 aliphatic rings. The van der Waals surface area contributed by atoms with E-state index in [0.29, 0.717) is 0 Å². The number of fused-ring (bicyclic) bond motifs is 1. The van der Waals surface area contributed by atoms with Gasteiger partial charge in [0.15, 0.2) is 0 Å². The van der Waals surface area contributed by atoms with Gasteiger partial charge in [-0.15, -0.1) is 6.58 Å². The fourth-order valence-corrected chi connectivity index (χ4v) is 1.40. The third kappa shape index (κ3) is 1.43. The summed E-state index contributed by atoms with van der Waals surface area (Å²) >= 11 is 0. The highest BCUT2D eigenvalue weighted by atomic mass is 14.9. The molecule has 1 heterocycles. The van der Waals surface area contributed by atoms with Gasteiger partial charge < -0.3 is 10.3 Å². The van der Waals surface area contributed by atoms with Crippen molar-refractivity contribution in [3.63, 3.8) is 0 Å². The van der Waals surface area contributed by atoms with Gasteiger partial charge in [-0.2, -0.15) is 0 Å². The zero-order valence-electron chi connectivity index (χ0n) is 7.38. The molecule has 66 valence electrons. The van der Waals surface area contributed by atoms with Crippen molar-refractivity contribution in [1.29, 1.82) is 0 Å². The highest BCUT2D eigenvalue weighted by molar-refractivity contribution is 5.92. The average molecular weight is 172 g/mol. The van der Waals surface area contributed by atoms with Crippen molar-refractivity contribution in [2.45, 2.75) is 0 Å². The number of nitrogens with one attached hydrogen (secondary N) is 2. The summed E-state index contributed by atoms with van der Waals surface area (Å²) in [5, 5.41) is 4.49. The van der Waals surface area contributed by atoms with E-state index < -0.39 is 0 Å². The van der Waals surface area contributed by atoms with Crippen LogP contribution in [0.15, 0.2) is 43.1 Å². The fourth-order valence-electron chi connectivity index (χ4n) is 1.40. The molecule has 0 aliphatic carbocycles. The largest absolute Gasteiger partial charge is 0.380 e. The lowest BCUT2D eigenvalue weighted by Crippen LogP contribution is -1.95. The Labute approximate surface area is 77.3 Å². The molecule has 0 fully saturated rings. The number of rotatable bonds is 3. The standard InChI is InChI=1S/C11H12N2/c1-2-7-12-11-8-13-10-6-4-3-5-9(10)11/h2-6,8,12-13H,1,7H2. The Kier molecular flexibility index (Phi) is 2.04. The Hall–Kier alpha value is -1.70. The number of aromatic amines is 1. The van der Waals surface area contributed by atoms with Gasteiger partial charge in [0.2, 0.25) is 0 Å². The molecule has 2 N–H and O–H groups in total. The van der Waals surface area contributed by atoms with Crippen LogP contribution in [-0.2, 0) is 0 Å². The summed E-state index contributed by atoms with van der Waals surface area (Å²) in [5.74, 6) is 0. The SMILES string of the molecule is C=CCNc1c[nH]c2ccccc12. The molecule has 0 atom stereocenters. The van der Waals surface area contributed by atoms with Crippen LogP contribution in [0.4, 0.5) is 5.69 Å². The molecule has 0 radical (unpaired) electrons. The predicted molar refractivity (Wildman–Crippen MR) is 57.0 cm³/mol. The van der Waals surface area contributed by atoms with Gasteiger partial charge in [-0.3, -0.25) is 0 Å². The predicted octanol–water partition coefficient (Wildman–Crippen LogP) is 2.77. The number of benzene rings is 1. The lowest BCUT2D eigenvalue weighted by Gasteiger charge is -1.99. The summed E-state index contributed by atoms with van der Waals surface area (Å²) < 4.78 is 0. The van der Waals surface area contributed by atoms with Gasteiger partial charge in [0.05, 0.1) is 5.69 Å². The minimum atomic E-state index is 0.793. The molecule has 13 heavy (non-hydrogen) atoms. The topological polar surface area (TPSA) is 27.8 Å². The third-order valence-corrected chi connectivity index (χ3v) is 2.03. The van der Waals surface area contributed by atoms with Crippen molar-refractivity contribution in [1.82, 2.24) is 4.98 Å². The van der Waals surface area contributed by atoms with Crippen LogP contribution in [0.2, 0.25) is 0 Å². The molecule has 0 aliphatic heterocycles. The molecule has 2 aromatic rings. The van der Waals surface area contributed by atoms with Crippen LogP contribution in [0.3, 0.4) is 0 Å². The van der Waals surface area contributed by atoms with Gasteiger partial charge in [0.25, 0.3) is 0 Å². The minimum Gasteiger partial charge on any atom is -0.380 e. The molecule has 2 heteroatoms. The lowest BCUT2D eigenvalue weighted by atomic mass is 10.2. The average Bonchev–Trinajstić information content (AvgIpc) is 2.58. The van der Waals surface area contributed by atoms with E-state index >= 15 is 0 Å². The van der Waals surface area contributed by atoms with Crippen LogP contribution in [0.1, 0.15) is 0 Å². The Balaban J connectivity index is 2.40. The smallest absolute Gasteiger partial charge is 0.0600 e. The van der Waals surface area contributed by atoms with Crippen molar-refractivity contribution in [3.05, 3.63) is 43.1 Å². The minimum absolute atomic E-state index is 0.793. The second kappa shape index (κ2) is 3.35. The Morgan fingerprint density at radius 2 is 2.23 bits per heavy atom. The summed E-state index contributed by atoms with van der Waals surface area (Å²) in [5.41, 5.74) is 2.30. The maximum absolute atomic E-state index is 3.67. The van der Waals surface area contributed by atoms with Crippen LogP contribution in [0, 0.1) is 0 Å². The molecule has 1 aromatic heterocycles. The van der Waals surface area contributed by atoms with Crippen LogP contribution in [0.5, 0.6) is 0 Å². The van der Waals surface area contributed by atoms with Gasteiger partial charge in [-0.1, -0.05) is 24.3 Å². The molecule has 2 rings (SSSR count). The van der Waals surface area contributed by atoms with Crippen molar-refractivity contribution >= 4 is 16.6 Å². The van der Waals surface area contributed by atoms with E-state index in [9.17, 15) is 0 Å². The molecule has 0 saturated heterocycles. The molecular formula is C11H12N2. The van der Waals surface area contributed by atoms with E-state index in [1.807, 2.05) is 24.4 Å². The van der Waals surface area contributed by atoms with Crippen LogP contribution < -0.4 is 5.32 Å². The van der Waals surface area contributed by atoms with Gasteiger partial charge in [0.1, 0.15) is 0 Å². The maximum Gasteiger partial charge on any atom is 0.0600 e. The van der Waals surface area contributed by atoms with Gasteiger partial charge in [-0.05, 0) is 6.07 Å². The Morgan fingerprint density at radius 1 is 1.38 bits per heavy atom. The van der Waals surface area contributed by atoms with Crippen molar-refractivity contribution < 1.29 is 0 Å². The van der Waals surface area contributed by atoms with Crippen molar-refractivity contribution in [3.8, 4) is 0 Å². The molecule has 1 aromatic carbocycles. The fraction of sp³-hybridized carbons (Fsp3) is 0.0909. The van der Waals surface area contributed by atoms with E-state index in [2.05, 4.69) is 29.0 Å². The molecule has 2 nitrogen and oxygen atoms in total. The highest BCUT2D eigenvalue weighted by Crippen LogP contribution is 2.21. The quantitative estimate of drug-likeness (QED) is 0.684. The zero-order valence-corrected chi connectivity index (χ0v) is 7.38. The number of para-hydroxylation sites is 1. The Bertz CT molecular complexity index is 415. The van der Waals surface area contributed by atoms with Gasteiger partial charge in [-0.25, -0.2) is 0 Å². The first kappa shape index (κ1) is 7.92. The monoisotopic (exact) mass is 172 g/mol. The number of H-pyrrole nitrogens is 1.